The number of hydrogen-bond acceptors (Lipinski definition) is 4. The van der Waals surface area contributed by atoms with E-state index in [0.717, 1.165) is 6.54 Å². The fourth-order valence-electron chi connectivity index (χ4n) is 2.01. The van der Waals surface area contributed by atoms with Crippen molar-refractivity contribution in [2.45, 2.75) is 26.7 Å². The second-order valence-corrected chi connectivity index (χ2v) is 5.79. The molecule has 0 aromatic carbocycles. The predicted molar refractivity (Wildman–Crippen MR) is 68.4 cm³/mol. The summed E-state index contributed by atoms with van der Waals surface area (Å²) in [4.78, 5) is 29.8. The van der Waals surface area contributed by atoms with Crippen LogP contribution < -0.4 is 0 Å². The SMILES string of the molecule is CN(C)CCN=CC1C(=O)CC(C)(C)CC1=O. The molecule has 0 aromatic heterocycles. The van der Waals surface area contributed by atoms with Crippen molar-refractivity contribution in [2.24, 2.45) is 16.3 Å². The van der Waals surface area contributed by atoms with Crippen LogP contribution >= 0.6 is 0 Å². The molecule has 0 heterocycles. The Kier molecular flexibility index (Phi) is 4.57. The van der Waals surface area contributed by atoms with Gasteiger partial charge in [-0.05, 0) is 19.5 Å². The van der Waals surface area contributed by atoms with Gasteiger partial charge in [-0.1, -0.05) is 13.8 Å². The highest BCUT2D eigenvalue weighted by atomic mass is 16.2. The molecule has 0 amide bonds. The van der Waals surface area contributed by atoms with Crippen molar-refractivity contribution in [3.05, 3.63) is 0 Å². The van der Waals surface area contributed by atoms with E-state index < -0.39 is 5.92 Å². The van der Waals surface area contributed by atoms with Crippen LogP contribution in [-0.2, 0) is 9.59 Å². The quantitative estimate of drug-likeness (QED) is 0.546. The fourth-order valence-corrected chi connectivity index (χ4v) is 2.01. The van der Waals surface area contributed by atoms with Crippen molar-refractivity contribution in [1.82, 2.24) is 4.90 Å². The molecule has 1 fully saturated rings. The molecule has 1 aliphatic carbocycles. The maximum Gasteiger partial charge on any atom is 0.149 e. The summed E-state index contributed by atoms with van der Waals surface area (Å²) in [5, 5.41) is 0. The van der Waals surface area contributed by atoms with Crippen molar-refractivity contribution < 1.29 is 9.59 Å². The summed E-state index contributed by atoms with van der Waals surface area (Å²) in [5.74, 6) is -0.565. The van der Waals surface area contributed by atoms with E-state index in [1.807, 2.05) is 32.8 Å². The highest BCUT2D eigenvalue weighted by Crippen LogP contribution is 2.33. The van der Waals surface area contributed by atoms with Crippen LogP contribution in [0.2, 0.25) is 0 Å². The molecule has 1 rings (SSSR count). The van der Waals surface area contributed by atoms with Gasteiger partial charge in [-0.25, -0.2) is 0 Å². The Morgan fingerprint density at radius 2 is 1.82 bits per heavy atom. The summed E-state index contributed by atoms with van der Waals surface area (Å²) in [7, 11) is 3.93. The molecule has 0 unspecified atom stereocenters. The molecular formula is C13H22N2O2. The zero-order valence-electron chi connectivity index (χ0n) is 11.2. The molecule has 0 aromatic rings. The number of likely N-dealkylation sites (N-methyl/N-ethyl adjacent to an activating group) is 1. The first kappa shape index (κ1) is 14.0. The van der Waals surface area contributed by atoms with Crippen LogP contribution in [0.15, 0.2) is 4.99 Å². The first-order valence-electron chi connectivity index (χ1n) is 6.02. The minimum atomic E-state index is -0.592. The van der Waals surface area contributed by atoms with Crippen molar-refractivity contribution in [3.63, 3.8) is 0 Å². The Labute approximate surface area is 103 Å². The highest BCUT2D eigenvalue weighted by Gasteiger charge is 2.38. The number of aliphatic imine (C=N–C) groups is 1. The van der Waals surface area contributed by atoms with Crippen molar-refractivity contribution in [1.29, 1.82) is 0 Å². The maximum atomic E-state index is 11.8. The summed E-state index contributed by atoms with van der Waals surface area (Å²) in [6.07, 6.45) is 2.50. The van der Waals surface area contributed by atoms with Gasteiger partial charge in [0.1, 0.15) is 17.5 Å². The third-order valence-corrected chi connectivity index (χ3v) is 2.93. The van der Waals surface area contributed by atoms with Crippen LogP contribution in [0, 0.1) is 11.3 Å². The number of Topliss-reactive ketones (excluding diaryl/α,β-unsaturated/α-hetero) is 2. The average Bonchev–Trinajstić information content (AvgIpc) is 2.12. The number of hydrogen-bond donors (Lipinski definition) is 0. The third-order valence-electron chi connectivity index (χ3n) is 2.93. The number of carbonyl (C=O) groups excluding carboxylic acids is 2. The summed E-state index contributed by atoms with van der Waals surface area (Å²) in [6, 6.07) is 0. The van der Waals surface area contributed by atoms with Crippen molar-refractivity contribution >= 4 is 17.8 Å². The molecule has 4 heteroatoms. The lowest BCUT2D eigenvalue weighted by atomic mass is 9.72. The van der Waals surface area contributed by atoms with E-state index in [9.17, 15) is 9.59 Å². The molecule has 4 nitrogen and oxygen atoms in total. The topological polar surface area (TPSA) is 49.7 Å². The van der Waals surface area contributed by atoms with Gasteiger partial charge in [-0.2, -0.15) is 0 Å². The van der Waals surface area contributed by atoms with Crippen LogP contribution in [0.3, 0.4) is 0 Å². The van der Waals surface area contributed by atoms with E-state index >= 15 is 0 Å². The first-order valence-corrected chi connectivity index (χ1v) is 6.02. The second kappa shape index (κ2) is 5.54. The lowest BCUT2D eigenvalue weighted by Gasteiger charge is -2.30. The van der Waals surface area contributed by atoms with E-state index in [4.69, 9.17) is 0 Å². The van der Waals surface area contributed by atoms with Gasteiger partial charge in [0, 0.05) is 25.6 Å². The molecule has 0 spiro atoms. The Balaban J connectivity index is 2.54. The average molecular weight is 238 g/mol. The molecule has 1 aliphatic rings. The van der Waals surface area contributed by atoms with Crippen LogP contribution in [0.25, 0.3) is 0 Å². The minimum absolute atomic E-state index is 0.0138. The van der Waals surface area contributed by atoms with Gasteiger partial charge in [0.2, 0.25) is 0 Å². The predicted octanol–water partition coefficient (Wildman–Crippen LogP) is 1.19. The third kappa shape index (κ3) is 4.38. The molecule has 96 valence electrons. The smallest absolute Gasteiger partial charge is 0.149 e. The Morgan fingerprint density at radius 3 is 2.29 bits per heavy atom. The van der Waals surface area contributed by atoms with Crippen molar-refractivity contribution in [2.75, 3.05) is 27.2 Å². The van der Waals surface area contributed by atoms with E-state index in [1.165, 1.54) is 0 Å². The molecule has 0 bridgehead atoms. The number of ketones is 2. The van der Waals surface area contributed by atoms with Crippen LogP contribution in [-0.4, -0.2) is 49.9 Å². The van der Waals surface area contributed by atoms with E-state index in [0.29, 0.717) is 19.4 Å². The normalized spacial score (nSPS) is 21.7. The van der Waals surface area contributed by atoms with Gasteiger partial charge in [-0.3, -0.25) is 14.6 Å². The number of carbonyl (C=O) groups is 2. The largest absolute Gasteiger partial charge is 0.308 e. The summed E-state index contributed by atoms with van der Waals surface area (Å²) >= 11 is 0. The monoisotopic (exact) mass is 238 g/mol. The molecule has 0 atom stereocenters. The van der Waals surface area contributed by atoms with E-state index in [-0.39, 0.29) is 17.0 Å². The van der Waals surface area contributed by atoms with Gasteiger partial charge in [0.15, 0.2) is 0 Å². The standard InChI is InChI=1S/C13H22N2O2/c1-13(2)7-11(16)10(12(17)8-13)9-14-5-6-15(3)4/h9-10H,5-8H2,1-4H3. The Morgan fingerprint density at radius 1 is 1.29 bits per heavy atom. The summed E-state index contributed by atoms with van der Waals surface area (Å²) < 4.78 is 0. The molecule has 17 heavy (non-hydrogen) atoms. The van der Waals surface area contributed by atoms with Crippen LogP contribution in [0.5, 0.6) is 0 Å². The fraction of sp³-hybridized carbons (Fsp3) is 0.769. The van der Waals surface area contributed by atoms with Gasteiger partial charge in [0.25, 0.3) is 0 Å². The second-order valence-electron chi connectivity index (χ2n) is 5.79. The molecule has 0 aliphatic heterocycles. The number of rotatable bonds is 4. The van der Waals surface area contributed by atoms with Gasteiger partial charge >= 0.3 is 0 Å². The first-order chi connectivity index (χ1) is 7.82. The minimum Gasteiger partial charge on any atom is -0.308 e. The molecular weight excluding hydrogens is 216 g/mol. The van der Waals surface area contributed by atoms with Gasteiger partial charge in [0.05, 0.1) is 6.54 Å². The lowest BCUT2D eigenvalue weighted by Crippen LogP contribution is -2.38. The highest BCUT2D eigenvalue weighted by molar-refractivity contribution is 6.16. The Hall–Kier alpha value is -1.03. The number of nitrogens with zero attached hydrogens (tertiary/aromatic N) is 2. The summed E-state index contributed by atoms with van der Waals surface area (Å²) in [6.45, 7) is 5.38. The van der Waals surface area contributed by atoms with E-state index in [1.54, 1.807) is 6.21 Å². The lowest BCUT2D eigenvalue weighted by molar-refractivity contribution is -0.136. The molecule has 1 saturated carbocycles. The zero-order chi connectivity index (χ0) is 13.1. The molecule has 0 N–H and O–H groups in total. The van der Waals surface area contributed by atoms with Crippen LogP contribution in [0.1, 0.15) is 26.7 Å². The van der Waals surface area contributed by atoms with Crippen LogP contribution in [0.4, 0.5) is 0 Å². The van der Waals surface area contributed by atoms with Gasteiger partial charge in [-0.15, -0.1) is 0 Å². The Bertz CT molecular complexity index is 312. The van der Waals surface area contributed by atoms with Crippen molar-refractivity contribution in [3.8, 4) is 0 Å². The summed E-state index contributed by atoms with van der Waals surface area (Å²) in [5.41, 5.74) is -0.178. The maximum absolute atomic E-state index is 11.8. The van der Waals surface area contributed by atoms with Gasteiger partial charge < -0.3 is 4.90 Å². The molecule has 0 saturated heterocycles. The molecule has 0 radical (unpaired) electrons. The van der Waals surface area contributed by atoms with E-state index in [2.05, 4.69) is 4.99 Å². The zero-order valence-corrected chi connectivity index (χ0v) is 11.2.